The van der Waals surface area contributed by atoms with Crippen LogP contribution in [0.4, 0.5) is 0 Å². The Morgan fingerprint density at radius 1 is 1.17 bits per heavy atom. The summed E-state index contributed by atoms with van der Waals surface area (Å²) >= 11 is 3.34. The standard InChI is InChI=1S/C14H19BrN2O/c15-12-8-11(9-16-10-12)14(18)17-13-6-4-2-1-3-5-7-13/h8-10,13H,1-7H2,(H,17,18). The van der Waals surface area contributed by atoms with Gasteiger partial charge in [-0.05, 0) is 34.8 Å². The molecule has 18 heavy (non-hydrogen) atoms. The summed E-state index contributed by atoms with van der Waals surface area (Å²) in [6.45, 7) is 0. The fraction of sp³-hybridized carbons (Fsp3) is 0.571. The summed E-state index contributed by atoms with van der Waals surface area (Å²) in [4.78, 5) is 16.1. The quantitative estimate of drug-likeness (QED) is 0.905. The lowest BCUT2D eigenvalue weighted by molar-refractivity contribution is 0.0930. The largest absolute Gasteiger partial charge is 0.349 e. The predicted molar refractivity (Wildman–Crippen MR) is 75.5 cm³/mol. The van der Waals surface area contributed by atoms with E-state index >= 15 is 0 Å². The van der Waals surface area contributed by atoms with E-state index in [1.807, 2.05) is 6.07 Å². The van der Waals surface area contributed by atoms with Crippen molar-refractivity contribution >= 4 is 21.8 Å². The van der Waals surface area contributed by atoms with E-state index in [9.17, 15) is 4.79 Å². The lowest BCUT2D eigenvalue weighted by Gasteiger charge is -2.21. The Bertz CT molecular complexity index is 401. The van der Waals surface area contributed by atoms with Crippen molar-refractivity contribution in [3.05, 3.63) is 28.5 Å². The molecule has 0 aromatic carbocycles. The molecular formula is C14H19BrN2O. The van der Waals surface area contributed by atoms with Crippen molar-refractivity contribution in [1.29, 1.82) is 0 Å². The number of aromatic nitrogens is 1. The average molecular weight is 311 g/mol. The average Bonchev–Trinajstić information content (AvgIpc) is 2.32. The summed E-state index contributed by atoms with van der Waals surface area (Å²) in [5.41, 5.74) is 0.631. The van der Waals surface area contributed by atoms with Gasteiger partial charge < -0.3 is 5.32 Å². The summed E-state index contributed by atoms with van der Waals surface area (Å²) in [5.74, 6) is -0.00521. The van der Waals surface area contributed by atoms with Gasteiger partial charge in [0.1, 0.15) is 0 Å². The van der Waals surface area contributed by atoms with Crippen LogP contribution in [0.3, 0.4) is 0 Å². The van der Waals surface area contributed by atoms with E-state index in [2.05, 4.69) is 26.2 Å². The van der Waals surface area contributed by atoms with Gasteiger partial charge in [-0.3, -0.25) is 9.78 Å². The van der Waals surface area contributed by atoms with Crippen LogP contribution in [-0.4, -0.2) is 16.9 Å². The maximum atomic E-state index is 12.1. The topological polar surface area (TPSA) is 42.0 Å². The Morgan fingerprint density at radius 3 is 2.50 bits per heavy atom. The van der Waals surface area contributed by atoms with Crippen molar-refractivity contribution < 1.29 is 4.79 Å². The molecule has 1 heterocycles. The number of nitrogens with one attached hydrogen (secondary N) is 1. The predicted octanol–water partition coefficient (Wildman–Crippen LogP) is 3.69. The molecule has 0 unspecified atom stereocenters. The first-order valence-corrected chi connectivity index (χ1v) is 7.46. The number of pyridine rings is 1. The lowest BCUT2D eigenvalue weighted by Crippen LogP contribution is -2.35. The van der Waals surface area contributed by atoms with Crippen LogP contribution in [0.5, 0.6) is 0 Å². The molecule has 0 atom stereocenters. The number of halogens is 1. The van der Waals surface area contributed by atoms with Crippen LogP contribution in [0.15, 0.2) is 22.9 Å². The van der Waals surface area contributed by atoms with Crippen LogP contribution >= 0.6 is 15.9 Å². The molecule has 98 valence electrons. The van der Waals surface area contributed by atoms with Gasteiger partial charge in [-0.15, -0.1) is 0 Å². The Labute approximate surface area is 117 Å². The molecule has 0 saturated heterocycles. The minimum Gasteiger partial charge on any atom is -0.349 e. The number of carbonyl (C=O) groups is 1. The van der Waals surface area contributed by atoms with Crippen molar-refractivity contribution in [3.8, 4) is 0 Å². The van der Waals surface area contributed by atoms with Crippen LogP contribution in [0.25, 0.3) is 0 Å². The number of rotatable bonds is 2. The molecule has 1 aromatic heterocycles. The molecule has 0 bridgehead atoms. The molecule has 0 radical (unpaired) electrons. The molecule has 2 rings (SSSR count). The maximum Gasteiger partial charge on any atom is 0.253 e. The smallest absolute Gasteiger partial charge is 0.253 e. The Balaban J connectivity index is 1.93. The van der Waals surface area contributed by atoms with E-state index in [0.717, 1.165) is 17.3 Å². The van der Waals surface area contributed by atoms with Gasteiger partial charge in [-0.1, -0.05) is 32.1 Å². The van der Waals surface area contributed by atoms with Gasteiger partial charge in [0.2, 0.25) is 0 Å². The molecule has 1 amide bonds. The fourth-order valence-corrected chi connectivity index (χ4v) is 2.77. The van der Waals surface area contributed by atoms with Crippen LogP contribution in [0.1, 0.15) is 55.3 Å². The highest BCUT2D eigenvalue weighted by molar-refractivity contribution is 9.10. The number of amides is 1. The second-order valence-corrected chi connectivity index (χ2v) is 5.82. The first-order chi connectivity index (χ1) is 8.75. The molecule has 4 heteroatoms. The molecule has 0 spiro atoms. The monoisotopic (exact) mass is 310 g/mol. The third-order valence-electron chi connectivity index (χ3n) is 3.41. The number of carbonyl (C=O) groups excluding carboxylic acids is 1. The van der Waals surface area contributed by atoms with E-state index in [1.165, 1.54) is 32.1 Å². The van der Waals surface area contributed by atoms with Crippen LogP contribution in [0, 0.1) is 0 Å². The van der Waals surface area contributed by atoms with Crippen molar-refractivity contribution in [3.63, 3.8) is 0 Å². The van der Waals surface area contributed by atoms with Gasteiger partial charge in [-0.2, -0.15) is 0 Å². The Hall–Kier alpha value is -0.900. The second-order valence-electron chi connectivity index (χ2n) is 4.91. The highest BCUT2D eigenvalue weighted by Gasteiger charge is 2.15. The summed E-state index contributed by atoms with van der Waals surface area (Å²) in [7, 11) is 0. The Morgan fingerprint density at radius 2 is 1.83 bits per heavy atom. The van der Waals surface area contributed by atoms with Crippen LogP contribution in [0.2, 0.25) is 0 Å². The molecule has 1 saturated carbocycles. The number of hydrogen-bond donors (Lipinski definition) is 1. The van der Waals surface area contributed by atoms with Gasteiger partial charge in [0, 0.05) is 22.9 Å². The van der Waals surface area contributed by atoms with Gasteiger partial charge >= 0.3 is 0 Å². The van der Waals surface area contributed by atoms with E-state index < -0.39 is 0 Å². The van der Waals surface area contributed by atoms with E-state index in [-0.39, 0.29) is 5.91 Å². The van der Waals surface area contributed by atoms with Crippen LogP contribution in [-0.2, 0) is 0 Å². The zero-order valence-corrected chi connectivity index (χ0v) is 12.1. The highest BCUT2D eigenvalue weighted by Crippen LogP contribution is 2.17. The molecule has 1 aromatic rings. The summed E-state index contributed by atoms with van der Waals surface area (Å²) in [6.07, 6.45) is 11.9. The normalized spacial score (nSPS) is 17.8. The summed E-state index contributed by atoms with van der Waals surface area (Å²) in [5, 5.41) is 3.13. The molecule has 1 aliphatic carbocycles. The first kappa shape index (κ1) is 13.5. The van der Waals surface area contributed by atoms with Crippen LogP contribution < -0.4 is 5.32 Å². The Kier molecular flexibility index (Phi) is 5.17. The minimum absolute atomic E-state index is 0.00521. The molecular weight excluding hydrogens is 292 g/mol. The third kappa shape index (κ3) is 4.09. The van der Waals surface area contributed by atoms with E-state index in [1.54, 1.807) is 12.4 Å². The zero-order valence-electron chi connectivity index (χ0n) is 10.5. The van der Waals surface area contributed by atoms with Gasteiger partial charge in [0.05, 0.1) is 5.56 Å². The molecule has 3 nitrogen and oxygen atoms in total. The minimum atomic E-state index is -0.00521. The van der Waals surface area contributed by atoms with Crippen molar-refractivity contribution in [2.24, 2.45) is 0 Å². The van der Waals surface area contributed by atoms with Crippen molar-refractivity contribution in [2.75, 3.05) is 0 Å². The molecule has 0 aliphatic heterocycles. The highest BCUT2D eigenvalue weighted by atomic mass is 79.9. The first-order valence-electron chi connectivity index (χ1n) is 6.67. The van der Waals surface area contributed by atoms with Gasteiger partial charge in [0.25, 0.3) is 5.91 Å². The van der Waals surface area contributed by atoms with Gasteiger partial charge in [-0.25, -0.2) is 0 Å². The molecule has 1 fully saturated rings. The lowest BCUT2D eigenvalue weighted by atomic mass is 9.96. The summed E-state index contributed by atoms with van der Waals surface area (Å²) < 4.78 is 0.841. The van der Waals surface area contributed by atoms with Crippen molar-refractivity contribution in [2.45, 2.75) is 51.0 Å². The zero-order chi connectivity index (χ0) is 12.8. The third-order valence-corrected chi connectivity index (χ3v) is 3.84. The molecule has 1 N–H and O–H groups in total. The second kappa shape index (κ2) is 6.88. The molecule has 1 aliphatic rings. The summed E-state index contributed by atoms with van der Waals surface area (Å²) in [6, 6.07) is 2.14. The SMILES string of the molecule is O=C(NC1CCCCCCC1)c1cncc(Br)c1. The maximum absolute atomic E-state index is 12.1. The number of nitrogens with zero attached hydrogens (tertiary/aromatic N) is 1. The number of hydrogen-bond acceptors (Lipinski definition) is 2. The van der Waals surface area contributed by atoms with Crippen molar-refractivity contribution in [1.82, 2.24) is 10.3 Å². The van der Waals surface area contributed by atoms with E-state index in [0.29, 0.717) is 11.6 Å². The fourth-order valence-electron chi connectivity index (χ4n) is 2.41. The van der Waals surface area contributed by atoms with Gasteiger partial charge in [0.15, 0.2) is 0 Å². The van der Waals surface area contributed by atoms with E-state index in [4.69, 9.17) is 0 Å².